The van der Waals surface area contributed by atoms with Gasteiger partial charge in [0.2, 0.25) is 0 Å². The van der Waals surface area contributed by atoms with E-state index < -0.39 is 11.7 Å². The fraction of sp³-hybridized carbons (Fsp3) is 0.467. The van der Waals surface area contributed by atoms with Gasteiger partial charge in [0, 0.05) is 6.42 Å². The highest BCUT2D eigenvalue weighted by Gasteiger charge is 2.20. The SMILES string of the molecule is Cc1ccc([C@H](CC=O)NC(=O)OC(C)(C)C)cc1. The summed E-state index contributed by atoms with van der Waals surface area (Å²) in [4.78, 5) is 22.5. The molecule has 1 aromatic carbocycles. The number of aldehydes is 1. The summed E-state index contributed by atoms with van der Waals surface area (Å²) >= 11 is 0. The van der Waals surface area contributed by atoms with Crippen LogP contribution in [0.5, 0.6) is 0 Å². The maximum atomic E-state index is 11.7. The van der Waals surface area contributed by atoms with Crippen molar-refractivity contribution in [3.63, 3.8) is 0 Å². The van der Waals surface area contributed by atoms with Crippen LogP contribution in [0.25, 0.3) is 0 Å². The predicted octanol–water partition coefficient (Wildman–Crippen LogP) is 3.15. The summed E-state index contributed by atoms with van der Waals surface area (Å²) in [6.45, 7) is 7.38. The van der Waals surface area contributed by atoms with Crippen LogP contribution in [0.3, 0.4) is 0 Å². The number of alkyl carbamates (subject to hydrolysis) is 1. The number of ether oxygens (including phenoxy) is 1. The Bertz CT molecular complexity index is 432. The van der Waals surface area contributed by atoms with Crippen LogP contribution < -0.4 is 5.32 Å². The minimum atomic E-state index is -0.552. The number of amides is 1. The monoisotopic (exact) mass is 263 g/mol. The molecule has 1 amide bonds. The van der Waals surface area contributed by atoms with E-state index in [0.717, 1.165) is 17.4 Å². The minimum Gasteiger partial charge on any atom is -0.444 e. The Morgan fingerprint density at radius 3 is 2.37 bits per heavy atom. The van der Waals surface area contributed by atoms with Gasteiger partial charge in [-0.1, -0.05) is 29.8 Å². The summed E-state index contributed by atoms with van der Waals surface area (Å²) in [7, 11) is 0. The summed E-state index contributed by atoms with van der Waals surface area (Å²) in [6.07, 6.45) is 0.504. The van der Waals surface area contributed by atoms with Gasteiger partial charge in [-0.3, -0.25) is 0 Å². The molecule has 4 heteroatoms. The first kappa shape index (κ1) is 15.2. The molecule has 0 aliphatic heterocycles. The Balaban J connectivity index is 2.75. The lowest BCUT2D eigenvalue weighted by Gasteiger charge is -2.23. The standard InChI is InChI=1S/C15H21NO3/c1-11-5-7-12(8-6-11)13(9-10-17)16-14(18)19-15(2,3)4/h5-8,10,13H,9H2,1-4H3,(H,16,18)/t13-/m0/s1. The van der Waals surface area contributed by atoms with Crippen LogP contribution >= 0.6 is 0 Å². The molecule has 19 heavy (non-hydrogen) atoms. The van der Waals surface area contributed by atoms with E-state index in [1.54, 1.807) is 20.8 Å². The van der Waals surface area contributed by atoms with Crippen molar-refractivity contribution in [3.05, 3.63) is 35.4 Å². The summed E-state index contributed by atoms with van der Waals surface area (Å²) in [6, 6.07) is 7.35. The third-order valence-corrected chi connectivity index (χ3v) is 2.50. The zero-order valence-corrected chi connectivity index (χ0v) is 11.9. The molecule has 1 atom stereocenters. The van der Waals surface area contributed by atoms with Crippen LogP contribution in [0.15, 0.2) is 24.3 Å². The van der Waals surface area contributed by atoms with E-state index in [0.29, 0.717) is 0 Å². The van der Waals surface area contributed by atoms with E-state index in [1.807, 2.05) is 31.2 Å². The van der Waals surface area contributed by atoms with Gasteiger partial charge in [-0.25, -0.2) is 4.79 Å². The van der Waals surface area contributed by atoms with Crippen LogP contribution in [-0.2, 0) is 9.53 Å². The predicted molar refractivity (Wildman–Crippen MR) is 74.0 cm³/mol. The van der Waals surface area contributed by atoms with Crippen molar-refractivity contribution in [2.24, 2.45) is 0 Å². The third-order valence-electron chi connectivity index (χ3n) is 2.50. The minimum absolute atomic E-state index is 0.225. The molecule has 1 N–H and O–H groups in total. The number of carbonyl (C=O) groups excluding carboxylic acids is 2. The van der Waals surface area contributed by atoms with E-state index >= 15 is 0 Å². The molecule has 0 aliphatic rings. The Kier molecular flexibility index (Phi) is 5.10. The lowest BCUT2D eigenvalue weighted by molar-refractivity contribution is -0.108. The molecule has 1 rings (SSSR count). The lowest BCUT2D eigenvalue weighted by atomic mass is 10.0. The Hall–Kier alpha value is -1.84. The van der Waals surface area contributed by atoms with Crippen LogP contribution in [0.4, 0.5) is 4.79 Å². The molecule has 4 nitrogen and oxygen atoms in total. The second-order valence-electron chi connectivity index (χ2n) is 5.51. The van der Waals surface area contributed by atoms with E-state index in [2.05, 4.69) is 5.32 Å². The van der Waals surface area contributed by atoms with Gasteiger partial charge < -0.3 is 14.8 Å². The first-order valence-electron chi connectivity index (χ1n) is 6.31. The summed E-state index contributed by atoms with van der Waals surface area (Å²) in [5.74, 6) is 0. The van der Waals surface area contributed by atoms with Gasteiger partial charge in [-0.15, -0.1) is 0 Å². The number of carbonyl (C=O) groups is 2. The highest BCUT2D eigenvalue weighted by atomic mass is 16.6. The van der Waals surface area contributed by atoms with Crippen molar-refractivity contribution in [2.45, 2.75) is 45.8 Å². The number of nitrogens with one attached hydrogen (secondary N) is 1. The second-order valence-corrected chi connectivity index (χ2v) is 5.51. The van der Waals surface area contributed by atoms with Gasteiger partial charge in [-0.05, 0) is 33.3 Å². The van der Waals surface area contributed by atoms with E-state index in [9.17, 15) is 9.59 Å². The van der Waals surface area contributed by atoms with Crippen molar-refractivity contribution in [1.82, 2.24) is 5.32 Å². The highest BCUT2D eigenvalue weighted by Crippen LogP contribution is 2.17. The molecule has 0 spiro atoms. The summed E-state index contributed by atoms with van der Waals surface area (Å²) in [5, 5.41) is 2.72. The molecule has 0 bridgehead atoms. The van der Waals surface area contributed by atoms with Crippen molar-refractivity contribution in [1.29, 1.82) is 0 Å². The van der Waals surface area contributed by atoms with Crippen molar-refractivity contribution in [2.75, 3.05) is 0 Å². The number of rotatable bonds is 4. The molecular weight excluding hydrogens is 242 g/mol. The zero-order valence-electron chi connectivity index (χ0n) is 11.9. The van der Waals surface area contributed by atoms with Gasteiger partial charge in [-0.2, -0.15) is 0 Å². The fourth-order valence-electron chi connectivity index (χ4n) is 1.62. The van der Waals surface area contributed by atoms with Gasteiger partial charge in [0.05, 0.1) is 6.04 Å². The largest absolute Gasteiger partial charge is 0.444 e. The molecular formula is C15H21NO3. The molecule has 0 aromatic heterocycles. The topological polar surface area (TPSA) is 55.4 Å². The molecule has 0 heterocycles. The average molecular weight is 263 g/mol. The van der Waals surface area contributed by atoms with Crippen LogP contribution in [-0.4, -0.2) is 18.0 Å². The molecule has 0 saturated heterocycles. The Labute approximate surface area is 114 Å². The van der Waals surface area contributed by atoms with Gasteiger partial charge in [0.1, 0.15) is 11.9 Å². The zero-order chi connectivity index (χ0) is 14.5. The van der Waals surface area contributed by atoms with Crippen LogP contribution in [0.1, 0.15) is 44.4 Å². The molecule has 0 saturated carbocycles. The van der Waals surface area contributed by atoms with E-state index in [1.165, 1.54) is 0 Å². The van der Waals surface area contributed by atoms with E-state index in [-0.39, 0.29) is 12.5 Å². The molecule has 0 radical (unpaired) electrons. The molecule has 0 aliphatic carbocycles. The first-order valence-corrected chi connectivity index (χ1v) is 6.31. The second kappa shape index (κ2) is 6.36. The summed E-state index contributed by atoms with van der Waals surface area (Å²) in [5.41, 5.74) is 1.47. The Morgan fingerprint density at radius 2 is 1.89 bits per heavy atom. The normalized spacial score (nSPS) is 12.6. The van der Waals surface area contributed by atoms with Crippen LogP contribution in [0.2, 0.25) is 0 Å². The number of hydrogen-bond acceptors (Lipinski definition) is 3. The Morgan fingerprint density at radius 1 is 1.32 bits per heavy atom. The quantitative estimate of drug-likeness (QED) is 0.849. The lowest BCUT2D eigenvalue weighted by Crippen LogP contribution is -2.35. The van der Waals surface area contributed by atoms with Crippen molar-refractivity contribution < 1.29 is 14.3 Å². The number of aryl methyl sites for hydroxylation is 1. The number of benzene rings is 1. The molecule has 0 unspecified atom stereocenters. The summed E-state index contributed by atoms with van der Waals surface area (Å²) < 4.78 is 5.19. The fourth-order valence-corrected chi connectivity index (χ4v) is 1.62. The van der Waals surface area contributed by atoms with Crippen LogP contribution in [0, 0.1) is 6.92 Å². The molecule has 0 fully saturated rings. The van der Waals surface area contributed by atoms with Gasteiger partial charge in [0.25, 0.3) is 0 Å². The van der Waals surface area contributed by atoms with Gasteiger partial charge in [0.15, 0.2) is 0 Å². The third kappa shape index (κ3) is 5.55. The van der Waals surface area contributed by atoms with Crippen molar-refractivity contribution in [3.8, 4) is 0 Å². The molecule has 104 valence electrons. The highest BCUT2D eigenvalue weighted by molar-refractivity contribution is 5.69. The smallest absolute Gasteiger partial charge is 0.408 e. The number of hydrogen-bond donors (Lipinski definition) is 1. The maximum absolute atomic E-state index is 11.7. The first-order chi connectivity index (χ1) is 8.81. The average Bonchev–Trinajstić information content (AvgIpc) is 2.27. The van der Waals surface area contributed by atoms with E-state index in [4.69, 9.17) is 4.74 Å². The van der Waals surface area contributed by atoms with Crippen molar-refractivity contribution >= 4 is 12.4 Å². The van der Waals surface area contributed by atoms with Gasteiger partial charge >= 0.3 is 6.09 Å². The maximum Gasteiger partial charge on any atom is 0.408 e. The molecule has 1 aromatic rings.